The van der Waals surface area contributed by atoms with Crippen LogP contribution in [0.25, 0.3) is 11.3 Å². The van der Waals surface area contributed by atoms with Gasteiger partial charge in [-0.15, -0.1) is 0 Å². The van der Waals surface area contributed by atoms with Gasteiger partial charge in [0.1, 0.15) is 16.5 Å². The molecule has 0 unspecified atom stereocenters. The first-order valence-electron chi connectivity index (χ1n) is 9.82. The molecular formula is C21H23FN4O3S. The fourth-order valence-electron chi connectivity index (χ4n) is 3.82. The van der Waals surface area contributed by atoms with Crippen LogP contribution in [0, 0.1) is 5.82 Å². The van der Waals surface area contributed by atoms with Crippen molar-refractivity contribution in [2.75, 3.05) is 13.7 Å². The molecule has 1 aromatic carbocycles. The Morgan fingerprint density at radius 2 is 1.93 bits per heavy atom. The van der Waals surface area contributed by atoms with E-state index in [1.54, 1.807) is 12.4 Å². The molecule has 158 valence electrons. The van der Waals surface area contributed by atoms with Crippen molar-refractivity contribution in [3.63, 3.8) is 0 Å². The molecule has 0 fully saturated rings. The monoisotopic (exact) mass is 430 g/mol. The number of pyridine rings is 1. The number of benzene rings is 1. The maximum atomic E-state index is 13.6. The standard InChI is InChI=1S/C21H23FN4O3S/c1-29-19-7-6-16(22)14-20(19)30(27,28)24-12-13-26-18-5-3-2-4-17(18)21(25-26)15-8-10-23-11-9-15/h6-11,14,24H,2-5,12-13H2,1H3. The number of sulfonamides is 1. The van der Waals surface area contributed by atoms with Crippen molar-refractivity contribution in [2.45, 2.75) is 37.1 Å². The van der Waals surface area contributed by atoms with E-state index in [1.807, 2.05) is 16.8 Å². The molecule has 1 N–H and O–H groups in total. The van der Waals surface area contributed by atoms with Crippen LogP contribution < -0.4 is 9.46 Å². The number of halogens is 1. The normalized spacial score (nSPS) is 13.8. The van der Waals surface area contributed by atoms with Gasteiger partial charge in [0.25, 0.3) is 0 Å². The molecule has 2 aromatic heterocycles. The summed E-state index contributed by atoms with van der Waals surface area (Å²) in [5, 5.41) is 4.77. The van der Waals surface area contributed by atoms with Gasteiger partial charge in [0.2, 0.25) is 10.0 Å². The van der Waals surface area contributed by atoms with Crippen LogP contribution >= 0.6 is 0 Å². The first kappa shape index (κ1) is 20.5. The smallest absolute Gasteiger partial charge is 0.244 e. The van der Waals surface area contributed by atoms with E-state index in [2.05, 4.69) is 9.71 Å². The van der Waals surface area contributed by atoms with Crippen molar-refractivity contribution >= 4 is 10.0 Å². The largest absolute Gasteiger partial charge is 0.495 e. The van der Waals surface area contributed by atoms with Crippen LogP contribution in [-0.4, -0.2) is 36.8 Å². The minimum atomic E-state index is -3.93. The van der Waals surface area contributed by atoms with Crippen LogP contribution in [0.4, 0.5) is 4.39 Å². The van der Waals surface area contributed by atoms with Crippen LogP contribution in [0.2, 0.25) is 0 Å². The van der Waals surface area contributed by atoms with Gasteiger partial charge >= 0.3 is 0 Å². The van der Waals surface area contributed by atoms with E-state index in [0.717, 1.165) is 54.8 Å². The summed E-state index contributed by atoms with van der Waals surface area (Å²) in [6.07, 6.45) is 7.55. The fraction of sp³-hybridized carbons (Fsp3) is 0.333. The minimum Gasteiger partial charge on any atom is -0.495 e. The SMILES string of the molecule is COc1ccc(F)cc1S(=O)(=O)NCCn1nc(-c2ccncc2)c2c1CCCC2. The van der Waals surface area contributed by atoms with Gasteiger partial charge in [-0.3, -0.25) is 9.67 Å². The Bertz CT molecular complexity index is 1150. The predicted molar refractivity (Wildman–Crippen MR) is 110 cm³/mol. The highest BCUT2D eigenvalue weighted by atomic mass is 32.2. The lowest BCUT2D eigenvalue weighted by Crippen LogP contribution is -2.28. The van der Waals surface area contributed by atoms with Gasteiger partial charge in [0, 0.05) is 35.8 Å². The van der Waals surface area contributed by atoms with E-state index in [0.29, 0.717) is 6.54 Å². The summed E-state index contributed by atoms with van der Waals surface area (Å²) >= 11 is 0. The van der Waals surface area contributed by atoms with Gasteiger partial charge in [-0.05, 0) is 56.0 Å². The summed E-state index contributed by atoms with van der Waals surface area (Å²) in [7, 11) is -2.58. The number of rotatable bonds is 7. The maximum Gasteiger partial charge on any atom is 0.244 e. The summed E-state index contributed by atoms with van der Waals surface area (Å²) in [6.45, 7) is 0.510. The number of hydrogen-bond donors (Lipinski definition) is 1. The zero-order valence-corrected chi connectivity index (χ0v) is 17.5. The van der Waals surface area contributed by atoms with Crippen molar-refractivity contribution in [3.05, 3.63) is 59.8 Å². The van der Waals surface area contributed by atoms with Crippen LogP contribution in [0.1, 0.15) is 24.1 Å². The number of methoxy groups -OCH3 is 1. The van der Waals surface area contributed by atoms with Gasteiger partial charge in [-0.2, -0.15) is 5.10 Å². The van der Waals surface area contributed by atoms with Crippen LogP contribution in [0.5, 0.6) is 5.75 Å². The molecule has 0 aliphatic heterocycles. The van der Waals surface area contributed by atoms with E-state index < -0.39 is 15.8 Å². The minimum absolute atomic E-state index is 0.0975. The van der Waals surface area contributed by atoms with Crippen LogP contribution in [-0.2, 0) is 29.4 Å². The number of ether oxygens (including phenoxy) is 1. The second-order valence-electron chi connectivity index (χ2n) is 7.13. The second-order valence-corrected chi connectivity index (χ2v) is 8.87. The molecule has 3 aromatic rings. The summed E-state index contributed by atoms with van der Waals surface area (Å²) in [5.41, 5.74) is 4.31. The van der Waals surface area contributed by atoms with Gasteiger partial charge in [0.05, 0.1) is 19.3 Å². The average molecular weight is 431 g/mol. The Morgan fingerprint density at radius 1 is 1.17 bits per heavy atom. The molecule has 1 aliphatic carbocycles. The Kier molecular flexibility index (Phi) is 5.83. The van der Waals surface area contributed by atoms with Crippen molar-refractivity contribution in [3.8, 4) is 17.0 Å². The Labute approximate surface area is 175 Å². The van der Waals surface area contributed by atoms with Gasteiger partial charge in [-0.25, -0.2) is 17.5 Å². The molecule has 2 heterocycles. The Morgan fingerprint density at radius 3 is 2.70 bits per heavy atom. The lowest BCUT2D eigenvalue weighted by atomic mass is 9.94. The molecule has 30 heavy (non-hydrogen) atoms. The highest BCUT2D eigenvalue weighted by molar-refractivity contribution is 7.89. The number of nitrogens with one attached hydrogen (secondary N) is 1. The van der Waals surface area contributed by atoms with Crippen LogP contribution in [0.15, 0.2) is 47.6 Å². The quantitative estimate of drug-likeness (QED) is 0.623. The molecule has 7 nitrogen and oxygen atoms in total. The zero-order valence-electron chi connectivity index (χ0n) is 16.6. The molecule has 0 atom stereocenters. The molecule has 0 radical (unpaired) electrons. The Balaban J connectivity index is 1.55. The van der Waals surface area contributed by atoms with Crippen LogP contribution in [0.3, 0.4) is 0 Å². The molecule has 1 aliphatic rings. The third kappa shape index (κ3) is 4.08. The van der Waals surface area contributed by atoms with Crippen molar-refractivity contribution in [2.24, 2.45) is 0 Å². The summed E-state index contributed by atoms with van der Waals surface area (Å²) in [6, 6.07) is 7.28. The molecule has 0 amide bonds. The molecule has 0 saturated heterocycles. The zero-order chi connectivity index (χ0) is 21.1. The van der Waals surface area contributed by atoms with E-state index in [1.165, 1.54) is 18.7 Å². The molecule has 4 rings (SSSR count). The summed E-state index contributed by atoms with van der Waals surface area (Å²) < 4.78 is 48.4. The fourth-order valence-corrected chi connectivity index (χ4v) is 5.02. The average Bonchev–Trinajstić information content (AvgIpc) is 3.13. The lowest BCUT2D eigenvalue weighted by Gasteiger charge is -2.15. The highest BCUT2D eigenvalue weighted by Crippen LogP contribution is 2.31. The number of fused-ring (bicyclic) bond motifs is 1. The van der Waals surface area contributed by atoms with Gasteiger partial charge in [0.15, 0.2) is 0 Å². The highest BCUT2D eigenvalue weighted by Gasteiger charge is 2.23. The van der Waals surface area contributed by atoms with Crippen molar-refractivity contribution < 1.29 is 17.5 Å². The van der Waals surface area contributed by atoms with E-state index in [9.17, 15) is 12.8 Å². The second kappa shape index (κ2) is 8.53. The maximum absolute atomic E-state index is 13.6. The van der Waals surface area contributed by atoms with Gasteiger partial charge in [-0.1, -0.05) is 0 Å². The molecule has 0 spiro atoms. The third-order valence-corrected chi connectivity index (χ3v) is 6.72. The lowest BCUT2D eigenvalue weighted by molar-refractivity contribution is 0.400. The first-order chi connectivity index (χ1) is 14.5. The summed E-state index contributed by atoms with van der Waals surface area (Å²) in [5.74, 6) is -0.542. The molecule has 0 bridgehead atoms. The van der Waals surface area contributed by atoms with E-state index in [-0.39, 0.29) is 17.2 Å². The topological polar surface area (TPSA) is 86.1 Å². The first-order valence-corrected chi connectivity index (χ1v) is 11.3. The number of aromatic nitrogens is 3. The summed E-state index contributed by atoms with van der Waals surface area (Å²) in [4.78, 5) is 3.85. The molecule has 0 saturated carbocycles. The molecular weight excluding hydrogens is 407 g/mol. The predicted octanol–water partition coefficient (Wildman–Crippen LogP) is 2.95. The number of nitrogens with zero attached hydrogens (tertiary/aromatic N) is 3. The van der Waals surface area contributed by atoms with Crippen molar-refractivity contribution in [1.29, 1.82) is 0 Å². The van der Waals surface area contributed by atoms with E-state index >= 15 is 0 Å². The van der Waals surface area contributed by atoms with E-state index in [4.69, 9.17) is 9.84 Å². The Hall–Kier alpha value is -2.78. The number of hydrogen-bond acceptors (Lipinski definition) is 5. The van der Waals surface area contributed by atoms with Crippen molar-refractivity contribution in [1.82, 2.24) is 19.5 Å². The third-order valence-electron chi connectivity index (χ3n) is 5.24. The molecule has 9 heteroatoms. The van der Waals surface area contributed by atoms with Gasteiger partial charge < -0.3 is 4.74 Å².